The van der Waals surface area contributed by atoms with E-state index in [-0.39, 0.29) is 28.7 Å². The summed E-state index contributed by atoms with van der Waals surface area (Å²) in [5.41, 5.74) is 1.23. The Morgan fingerprint density at radius 3 is 2.68 bits per heavy atom. The molecule has 1 aliphatic carbocycles. The molecule has 28 heavy (non-hydrogen) atoms. The summed E-state index contributed by atoms with van der Waals surface area (Å²) in [5.74, 6) is 0.0643. The third-order valence-electron chi connectivity index (χ3n) is 4.19. The number of aromatic nitrogens is 2. The molecule has 2 aromatic carbocycles. The van der Waals surface area contributed by atoms with Crippen molar-refractivity contribution in [1.82, 2.24) is 15.5 Å². The number of amides is 1. The third-order valence-corrected chi connectivity index (χ3v) is 5.28. The zero-order valence-corrected chi connectivity index (χ0v) is 15.5. The molecule has 142 valence electrons. The van der Waals surface area contributed by atoms with E-state index < -0.39 is 10.2 Å². The van der Waals surface area contributed by atoms with Gasteiger partial charge in [-0.25, -0.2) is 0 Å². The van der Waals surface area contributed by atoms with Crippen LogP contribution in [0.5, 0.6) is 0 Å². The lowest BCUT2D eigenvalue weighted by Crippen LogP contribution is -2.29. The van der Waals surface area contributed by atoms with E-state index in [2.05, 4.69) is 15.5 Å². The molecule has 1 amide bonds. The minimum absolute atomic E-state index is 0.0594. The fraction of sp³-hybridized carbons (Fsp3) is 0.211. The first-order chi connectivity index (χ1) is 13.6. The number of carbonyl (C=O) groups excluding carboxylic acids is 1. The first kappa shape index (κ1) is 18.2. The molecule has 0 unspecified atom stereocenters. The van der Waals surface area contributed by atoms with Crippen molar-refractivity contribution in [3.63, 3.8) is 0 Å². The molecule has 9 heteroatoms. The van der Waals surface area contributed by atoms with Gasteiger partial charge >= 0.3 is 0 Å². The zero-order chi connectivity index (χ0) is 19.5. The summed E-state index contributed by atoms with van der Waals surface area (Å²) >= 11 is 1.16. The number of hydrogen-bond acceptors (Lipinski definition) is 7. The molecule has 0 aliphatic heterocycles. The number of nitrogens with zero attached hydrogens (tertiary/aromatic N) is 3. The van der Waals surface area contributed by atoms with Gasteiger partial charge in [-0.2, -0.15) is 0 Å². The molecule has 1 N–H and O–H groups in total. The van der Waals surface area contributed by atoms with Gasteiger partial charge in [-0.05, 0) is 36.2 Å². The van der Waals surface area contributed by atoms with Crippen LogP contribution in [0.15, 0.2) is 64.2 Å². The van der Waals surface area contributed by atoms with Crippen molar-refractivity contribution in [2.24, 2.45) is 0 Å². The standard InChI is InChI=1S/C19H16N4O4S/c24-17(20-14-9-10-14)16(12-5-2-1-3-6-12)28-19-22-21-18(27-19)13-7-4-8-15(11-13)23(25)26/h1-8,11,14,16H,9-10H2,(H,20,24)/t16-/m1/s1. The first-order valence-electron chi connectivity index (χ1n) is 8.70. The number of carbonyl (C=O) groups is 1. The van der Waals surface area contributed by atoms with E-state index in [1.54, 1.807) is 12.1 Å². The van der Waals surface area contributed by atoms with Crippen LogP contribution in [0.1, 0.15) is 23.7 Å². The smallest absolute Gasteiger partial charge is 0.277 e. The third kappa shape index (κ3) is 4.20. The van der Waals surface area contributed by atoms with Gasteiger partial charge in [0.25, 0.3) is 10.9 Å². The molecule has 3 aromatic rings. The van der Waals surface area contributed by atoms with Crippen molar-refractivity contribution in [1.29, 1.82) is 0 Å². The van der Waals surface area contributed by atoms with Crippen LogP contribution in [-0.4, -0.2) is 27.1 Å². The maximum atomic E-state index is 12.7. The van der Waals surface area contributed by atoms with E-state index in [0.717, 1.165) is 30.2 Å². The molecule has 8 nitrogen and oxygen atoms in total. The second-order valence-electron chi connectivity index (χ2n) is 6.37. The van der Waals surface area contributed by atoms with Crippen LogP contribution in [-0.2, 0) is 4.79 Å². The van der Waals surface area contributed by atoms with E-state index >= 15 is 0 Å². The summed E-state index contributed by atoms with van der Waals surface area (Å²) in [4.78, 5) is 23.2. The van der Waals surface area contributed by atoms with Crippen LogP contribution >= 0.6 is 11.8 Å². The fourth-order valence-corrected chi connectivity index (χ4v) is 3.52. The van der Waals surface area contributed by atoms with Crippen LogP contribution in [0, 0.1) is 10.1 Å². The Morgan fingerprint density at radius 1 is 1.18 bits per heavy atom. The van der Waals surface area contributed by atoms with Crippen molar-refractivity contribution in [3.8, 4) is 11.5 Å². The van der Waals surface area contributed by atoms with Crippen LogP contribution in [0.3, 0.4) is 0 Å². The largest absolute Gasteiger partial charge is 0.411 e. The van der Waals surface area contributed by atoms with Gasteiger partial charge < -0.3 is 9.73 Å². The molecule has 1 heterocycles. The minimum Gasteiger partial charge on any atom is -0.411 e. The predicted molar refractivity (Wildman–Crippen MR) is 103 cm³/mol. The maximum absolute atomic E-state index is 12.7. The van der Waals surface area contributed by atoms with Gasteiger partial charge in [0, 0.05) is 23.7 Å². The molecule has 1 fully saturated rings. The first-order valence-corrected chi connectivity index (χ1v) is 9.58. The molecule has 1 aromatic heterocycles. The lowest BCUT2D eigenvalue weighted by Gasteiger charge is -2.14. The monoisotopic (exact) mass is 396 g/mol. The predicted octanol–water partition coefficient (Wildman–Crippen LogP) is 3.76. The Hall–Kier alpha value is -3.20. The number of thioether (sulfide) groups is 1. The molecule has 1 atom stereocenters. The van der Waals surface area contributed by atoms with E-state index in [0.29, 0.717) is 5.56 Å². The molecule has 0 saturated heterocycles. The van der Waals surface area contributed by atoms with Crippen LogP contribution in [0.25, 0.3) is 11.5 Å². The molecule has 0 spiro atoms. The molecule has 4 rings (SSSR count). The second-order valence-corrected chi connectivity index (χ2v) is 7.43. The highest BCUT2D eigenvalue weighted by atomic mass is 32.2. The maximum Gasteiger partial charge on any atom is 0.277 e. The van der Waals surface area contributed by atoms with Gasteiger partial charge in [-0.1, -0.05) is 36.4 Å². The van der Waals surface area contributed by atoms with E-state index in [4.69, 9.17) is 4.42 Å². The summed E-state index contributed by atoms with van der Waals surface area (Å²) in [6.45, 7) is 0. The van der Waals surface area contributed by atoms with E-state index in [1.165, 1.54) is 12.1 Å². The quantitative estimate of drug-likeness (QED) is 0.368. The number of rotatable bonds is 7. The van der Waals surface area contributed by atoms with Gasteiger partial charge in [0.2, 0.25) is 11.8 Å². The summed E-state index contributed by atoms with van der Waals surface area (Å²) < 4.78 is 5.67. The Labute approximate surface area is 164 Å². The van der Waals surface area contributed by atoms with Crippen molar-refractivity contribution < 1.29 is 14.1 Å². The molecular weight excluding hydrogens is 380 g/mol. The average molecular weight is 396 g/mol. The molecule has 0 radical (unpaired) electrons. The van der Waals surface area contributed by atoms with Crippen molar-refractivity contribution in [2.45, 2.75) is 29.4 Å². The normalized spacial score (nSPS) is 14.4. The number of non-ortho nitro benzene ring substituents is 1. The minimum atomic E-state index is -0.528. The van der Waals surface area contributed by atoms with Gasteiger partial charge in [0.15, 0.2) is 0 Å². The van der Waals surface area contributed by atoms with E-state index in [1.807, 2.05) is 30.3 Å². The fourth-order valence-electron chi connectivity index (χ4n) is 2.63. The summed E-state index contributed by atoms with van der Waals surface area (Å²) in [5, 5.41) is 21.6. The zero-order valence-electron chi connectivity index (χ0n) is 14.6. The van der Waals surface area contributed by atoms with Crippen molar-refractivity contribution in [3.05, 3.63) is 70.3 Å². The summed E-state index contributed by atoms with van der Waals surface area (Å²) in [6, 6.07) is 15.6. The van der Waals surface area contributed by atoms with Crippen LogP contribution < -0.4 is 5.32 Å². The number of nitro groups is 1. The van der Waals surface area contributed by atoms with Crippen LogP contribution in [0.2, 0.25) is 0 Å². The Bertz CT molecular complexity index is 1000. The molecule has 1 aliphatic rings. The second kappa shape index (κ2) is 7.81. The highest BCUT2D eigenvalue weighted by Gasteiger charge is 2.30. The van der Waals surface area contributed by atoms with E-state index in [9.17, 15) is 14.9 Å². The van der Waals surface area contributed by atoms with Crippen molar-refractivity contribution in [2.75, 3.05) is 0 Å². The van der Waals surface area contributed by atoms with Crippen molar-refractivity contribution >= 4 is 23.4 Å². The molecule has 1 saturated carbocycles. The summed E-state index contributed by atoms with van der Waals surface area (Å²) in [7, 11) is 0. The molecule has 0 bridgehead atoms. The van der Waals surface area contributed by atoms with Gasteiger partial charge in [0.1, 0.15) is 5.25 Å². The van der Waals surface area contributed by atoms with Gasteiger partial charge in [0.05, 0.1) is 4.92 Å². The number of nitro benzene ring substituents is 1. The number of benzene rings is 2. The SMILES string of the molecule is O=C(NC1CC1)[C@H](Sc1nnc(-c2cccc([N+](=O)[O-])c2)o1)c1ccccc1. The topological polar surface area (TPSA) is 111 Å². The Kier molecular flexibility index (Phi) is 5.07. The number of hydrogen-bond donors (Lipinski definition) is 1. The molecular formula is C19H16N4O4S. The van der Waals surface area contributed by atoms with Gasteiger partial charge in [-0.3, -0.25) is 14.9 Å². The van der Waals surface area contributed by atoms with Gasteiger partial charge in [-0.15, -0.1) is 10.2 Å². The lowest BCUT2D eigenvalue weighted by atomic mass is 10.1. The summed E-state index contributed by atoms with van der Waals surface area (Å²) in [6.07, 6.45) is 1.99. The Morgan fingerprint density at radius 2 is 1.96 bits per heavy atom. The Balaban J connectivity index is 1.57. The lowest BCUT2D eigenvalue weighted by molar-refractivity contribution is -0.384. The highest BCUT2D eigenvalue weighted by Crippen LogP contribution is 2.37. The average Bonchev–Trinajstić information content (AvgIpc) is 3.40. The number of nitrogens with one attached hydrogen (secondary N) is 1. The highest BCUT2D eigenvalue weighted by molar-refractivity contribution is 8.00. The van der Waals surface area contributed by atoms with Crippen LogP contribution in [0.4, 0.5) is 5.69 Å².